The molecule has 0 spiro atoms. The molecule has 1 aromatic heterocycles. The van der Waals surface area contributed by atoms with E-state index in [0.717, 1.165) is 29.6 Å². The van der Waals surface area contributed by atoms with Gasteiger partial charge in [0.15, 0.2) is 0 Å². The number of nitrogen functional groups attached to an aromatic ring is 1. The van der Waals surface area contributed by atoms with Crippen LogP contribution in [0.25, 0.3) is 16.7 Å². The van der Waals surface area contributed by atoms with E-state index >= 15 is 0 Å². The molecule has 1 aliphatic rings. The normalized spacial score (nSPS) is 14.2. The summed E-state index contributed by atoms with van der Waals surface area (Å²) < 4.78 is 1.89. The summed E-state index contributed by atoms with van der Waals surface area (Å²) in [4.78, 5) is 16.4. The molecule has 1 heterocycles. The Labute approximate surface area is 127 Å². The molecule has 3 N–H and O–H groups in total. The van der Waals surface area contributed by atoms with E-state index in [-0.39, 0.29) is 5.91 Å². The Balaban J connectivity index is 1.69. The third-order valence-electron chi connectivity index (χ3n) is 3.89. The number of hydrogen-bond acceptors (Lipinski definition) is 3. The molecule has 0 radical (unpaired) electrons. The quantitative estimate of drug-likeness (QED) is 0.779. The fourth-order valence-electron chi connectivity index (χ4n) is 2.57. The van der Waals surface area contributed by atoms with Crippen LogP contribution in [0.3, 0.4) is 0 Å². The van der Waals surface area contributed by atoms with Crippen molar-refractivity contribution in [2.24, 2.45) is 0 Å². The largest absolute Gasteiger partial charge is 0.369 e. The highest BCUT2D eigenvalue weighted by molar-refractivity contribution is 5.94. The standard InChI is InChI=1S/C17H16N4O/c18-17-20-14-3-1-2-4-15(14)21(17)13-9-5-11(6-10-13)16(22)19-12-7-8-12/h1-6,9-10,12H,7-8H2,(H2,18,20)(H,19,22). The van der Waals surface area contributed by atoms with Crippen molar-refractivity contribution >= 4 is 22.9 Å². The van der Waals surface area contributed by atoms with Crippen molar-refractivity contribution in [3.05, 3.63) is 54.1 Å². The summed E-state index contributed by atoms with van der Waals surface area (Å²) in [5.41, 5.74) is 9.40. The first-order chi connectivity index (χ1) is 10.7. The van der Waals surface area contributed by atoms with Gasteiger partial charge in [0, 0.05) is 17.3 Å². The maximum atomic E-state index is 12.0. The van der Waals surface area contributed by atoms with Crippen LogP contribution in [0.15, 0.2) is 48.5 Å². The van der Waals surface area contributed by atoms with Gasteiger partial charge in [-0.05, 0) is 49.2 Å². The first kappa shape index (κ1) is 12.9. The van der Waals surface area contributed by atoms with Crippen LogP contribution in [0.4, 0.5) is 5.95 Å². The number of carbonyl (C=O) groups is 1. The fourth-order valence-corrected chi connectivity index (χ4v) is 2.57. The van der Waals surface area contributed by atoms with Gasteiger partial charge in [-0.1, -0.05) is 12.1 Å². The minimum Gasteiger partial charge on any atom is -0.369 e. The number of nitrogens with zero attached hydrogens (tertiary/aromatic N) is 2. The van der Waals surface area contributed by atoms with Crippen LogP contribution in [-0.4, -0.2) is 21.5 Å². The second-order valence-electron chi connectivity index (χ2n) is 5.59. The molecule has 1 fully saturated rings. The molecule has 2 aromatic carbocycles. The number of fused-ring (bicyclic) bond motifs is 1. The lowest BCUT2D eigenvalue weighted by Crippen LogP contribution is -2.25. The Morgan fingerprint density at radius 1 is 1.14 bits per heavy atom. The summed E-state index contributed by atoms with van der Waals surface area (Å²) in [6.45, 7) is 0. The van der Waals surface area contributed by atoms with Crippen LogP contribution in [0.1, 0.15) is 23.2 Å². The Hall–Kier alpha value is -2.82. The van der Waals surface area contributed by atoms with Gasteiger partial charge in [0.25, 0.3) is 5.91 Å². The molecule has 0 atom stereocenters. The van der Waals surface area contributed by atoms with E-state index in [0.29, 0.717) is 17.6 Å². The van der Waals surface area contributed by atoms with E-state index < -0.39 is 0 Å². The van der Waals surface area contributed by atoms with E-state index in [9.17, 15) is 4.79 Å². The van der Waals surface area contributed by atoms with Crippen molar-refractivity contribution in [3.8, 4) is 5.69 Å². The molecule has 22 heavy (non-hydrogen) atoms. The molecule has 0 aliphatic heterocycles. The van der Waals surface area contributed by atoms with Gasteiger partial charge in [-0.3, -0.25) is 9.36 Å². The van der Waals surface area contributed by atoms with Crippen LogP contribution in [0.5, 0.6) is 0 Å². The Bertz CT molecular complexity index is 847. The Morgan fingerprint density at radius 2 is 1.86 bits per heavy atom. The molecule has 1 saturated carbocycles. The van der Waals surface area contributed by atoms with Crippen LogP contribution >= 0.6 is 0 Å². The monoisotopic (exact) mass is 292 g/mol. The number of amides is 1. The van der Waals surface area contributed by atoms with Crippen molar-refractivity contribution in [1.29, 1.82) is 0 Å². The molecular weight excluding hydrogens is 276 g/mol. The second-order valence-corrected chi connectivity index (χ2v) is 5.59. The molecule has 0 unspecified atom stereocenters. The number of carbonyl (C=O) groups excluding carboxylic acids is 1. The number of para-hydroxylation sites is 2. The third-order valence-corrected chi connectivity index (χ3v) is 3.89. The smallest absolute Gasteiger partial charge is 0.251 e. The van der Waals surface area contributed by atoms with E-state index in [2.05, 4.69) is 10.3 Å². The minimum atomic E-state index is -0.0162. The number of hydrogen-bond donors (Lipinski definition) is 2. The zero-order chi connectivity index (χ0) is 15.1. The molecule has 110 valence electrons. The van der Waals surface area contributed by atoms with Crippen LogP contribution in [0, 0.1) is 0 Å². The molecule has 3 aromatic rings. The molecule has 1 aliphatic carbocycles. The van der Waals surface area contributed by atoms with Gasteiger partial charge < -0.3 is 11.1 Å². The van der Waals surface area contributed by atoms with E-state index in [1.807, 2.05) is 53.1 Å². The zero-order valence-electron chi connectivity index (χ0n) is 12.0. The van der Waals surface area contributed by atoms with Crippen LogP contribution in [0.2, 0.25) is 0 Å². The topological polar surface area (TPSA) is 72.9 Å². The summed E-state index contributed by atoms with van der Waals surface area (Å²) >= 11 is 0. The number of nitrogens with one attached hydrogen (secondary N) is 1. The Morgan fingerprint density at radius 3 is 2.59 bits per heavy atom. The van der Waals surface area contributed by atoms with Crippen LogP contribution in [-0.2, 0) is 0 Å². The minimum absolute atomic E-state index is 0.0162. The van der Waals surface area contributed by atoms with Crippen molar-refractivity contribution in [2.45, 2.75) is 18.9 Å². The fraction of sp³-hybridized carbons (Fsp3) is 0.176. The molecule has 5 nitrogen and oxygen atoms in total. The first-order valence-electron chi connectivity index (χ1n) is 7.36. The van der Waals surface area contributed by atoms with Gasteiger partial charge in [-0.15, -0.1) is 0 Å². The SMILES string of the molecule is Nc1nc2ccccc2n1-c1ccc(C(=O)NC2CC2)cc1. The Kier molecular flexibility index (Phi) is 2.85. The summed E-state index contributed by atoms with van der Waals surface area (Å²) in [7, 11) is 0. The maximum absolute atomic E-state index is 12.0. The van der Waals surface area contributed by atoms with Crippen molar-refractivity contribution < 1.29 is 4.79 Å². The van der Waals surface area contributed by atoms with Gasteiger partial charge in [0.2, 0.25) is 5.95 Å². The van der Waals surface area contributed by atoms with Crippen molar-refractivity contribution in [1.82, 2.24) is 14.9 Å². The zero-order valence-corrected chi connectivity index (χ0v) is 12.0. The molecule has 0 bridgehead atoms. The van der Waals surface area contributed by atoms with Gasteiger partial charge in [0.1, 0.15) is 0 Å². The highest BCUT2D eigenvalue weighted by Gasteiger charge is 2.23. The number of imidazole rings is 1. The van der Waals surface area contributed by atoms with Crippen molar-refractivity contribution in [2.75, 3.05) is 5.73 Å². The molecule has 5 heteroatoms. The van der Waals surface area contributed by atoms with Crippen molar-refractivity contribution in [3.63, 3.8) is 0 Å². The summed E-state index contributed by atoms with van der Waals surface area (Å²) in [5, 5.41) is 2.98. The van der Waals surface area contributed by atoms with Gasteiger partial charge in [-0.25, -0.2) is 4.98 Å². The van der Waals surface area contributed by atoms with E-state index in [4.69, 9.17) is 5.73 Å². The average molecular weight is 292 g/mol. The predicted molar refractivity (Wildman–Crippen MR) is 86.0 cm³/mol. The molecule has 1 amide bonds. The molecule has 4 rings (SSSR count). The first-order valence-corrected chi connectivity index (χ1v) is 7.36. The summed E-state index contributed by atoms with van der Waals surface area (Å²) in [5.74, 6) is 0.425. The maximum Gasteiger partial charge on any atom is 0.251 e. The lowest BCUT2D eigenvalue weighted by Gasteiger charge is -2.08. The summed E-state index contributed by atoms with van der Waals surface area (Å²) in [6, 6.07) is 15.6. The average Bonchev–Trinajstić information content (AvgIpc) is 3.27. The molecular formula is C17H16N4O. The highest BCUT2D eigenvalue weighted by Crippen LogP contribution is 2.23. The number of anilines is 1. The second kappa shape index (κ2) is 4.87. The lowest BCUT2D eigenvalue weighted by molar-refractivity contribution is 0.0951. The molecule has 0 saturated heterocycles. The summed E-state index contributed by atoms with van der Waals surface area (Å²) in [6.07, 6.45) is 2.17. The number of aromatic nitrogens is 2. The lowest BCUT2D eigenvalue weighted by atomic mass is 10.2. The number of benzene rings is 2. The van der Waals surface area contributed by atoms with Gasteiger partial charge >= 0.3 is 0 Å². The van der Waals surface area contributed by atoms with Gasteiger partial charge in [0.05, 0.1) is 11.0 Å². The third kappa shape index (κ3) is 2.20. The van der Waals surface area contributed by atoms with Crippen LogP contribution < -0.4 is 11.1 Å². The van der Waals surface area contributed by atoms with Gasteiger partial charge in [-0.2, -0.15) is 0 Å². The predicted octanol–water partition coefficient (Wildman–Crippen LogP) is 2.50. The highest BCUT2D eigenvalue weighted by atomic mass is 16.1. The van der Waals surface area contributed by atoms with E-state index in [1.165, 1.54) is 0 Å². The number of rotatable bonds is 3. The van der Waals surface area contributed by atoms with E-state index in [1.54, 1.807) is 0 Å². The number of nitrogens with two attached hydrogens (primary N) is 1.